The Morgan fingerprint density at radius 3 is 1.38 bits per heavy atom. The first kappa shape index (κ1) is 21.9. The number of nitrogens with zero attached hydrogens (tertiary/aromatic N) is 1. The van der Waals surface area contributed by atoms with E-state index in [1.54, 1.807) is 0 Å². The van der Waals surface area contributed by atoms with Gasteiger partial charge in [0.2, 0.25) is 0 Å². The molecule has 5 nitrogen and oxygen atoms in total. The smallest absolute Gasteiger partial charge is 0.399 e. The van der Waals surface area contributed by atoms with Gasteiger partial charge in [-0.05, 0) is 66.0 Å². The maximum atomic E-state index is 6.55. The summed E-state index contributed by atoms with van der Waals surface area (Å²) in [4.78, 5) is 0. The van der Waals surface area contributed by atoms with Crippen LogP contribution in [0.15, 0.2) is 0 Å². The molecule has 0 atom stereocenters. The predicted molar refractivity (Wildman–Crippen MR) is 103 cm³/mol. The largest absolute Gasteiger partial charge is 0.637 e. The molecule has 0 saturated heterocycles. The van der Waals surface area contributed by atoms with Gasteiger partial charge < -0.3 is 21.0 Å². The molecular weight excluding hydrogens is 351 g/mol. The lowest BCUT2D eigenvalue weighted by Crippen LogP contribution is -2.64. The maximum absolute atomic E-state index is 6.55. The van der Waals surface area contributed by atoms with Crippen LogP contribution in [0.3, 0.4) is 0 Å². The monoisotopic (exact) mass is 385 g/mol. The number of hydrogen-bond acceptors (Lipinski definition) is 5. The molecule has 0 saturated carbocycles. The van der Waals surface area contributed by atoms with Crippen LogP contribution in [0.4, 0.5) is 0 Å². The van der Waals surface area contributed by atoms with Crippen molar-refractivity contribution in [1.82, 2.24) is 4.57 Å². The molecule has 10 heteroatoms. The Morgan fingerprint density at radius 1 is 0.810 bits per heavy atom. The van der Waals surface area contributed by atoms with Crippen LogP contribution in [-0.4, -0.2) is 62.8 Å². The van der Waals surface area contributed by atoms with Crippen molar-refractivity contribution in [1.29, 1.82) is 0 Å². The molecule has 0 aromatic carbocycles. The molecule has 0 aliphatic heterocycles. The number of rotatable bonds is 10. The molecule has 0 heterocycles. The molecule has 0 aliphatic rings. The van der Waals surface area contributed by atoms with Crippen molar-refractivity contribution in [2.75, 3.05) is 13.6 Å². The van der Waals surface area contributed by atoms with Crippen molar-refractivity contribution in [3.8, 4) is 0 Å². The Bertz CT molecular complexity index is 278. The first-order chi connectivity index (χ1) is 9.44. The summed E-state index contributed by atoms with van der Waals surface area (Å²) in [6, 6.07) is 0. The minimum atomic E-state index is -2.99. The van der Waals surface area contributed by atoms with Gasteiger partial charge in [0.25, 0.3) is 8.48 Å². The Balaban J connectivity index is 5.41. The highest BCUT2D eigenvalue weighted by molar-refractivity contribution is 6.84. The fourth-order valence-corrected chi connectivity index (χ4v) is 16.6. The zero-order chi connectivity index (χ0) is 16.8. The highest BCUT2D eigenvalue weighted by Crippen LogP contribution is 2.23. The van der Waals surface area contributed by atoms with Gasteiger partial charge in [-0.3, -0.25) is 0 Å². The summed E-state index contributed by atoms with van der Waals surface area (Å²) in [6.45, 7) is 20.4. The molecular formula is C11H35NO4Si5. The summed E-state index contributed by atoms with van der Waals surface area (Å²) in [7, 11) is -6.87. The second-order valence-electron chi connectivity index (χ2n) is 6.56. The first-order valence-corrected chi connectivity index (χ1v) is 20.7. The predicted octanol–water partition coefficient (Wildman–Crippen LogP) is 2.09. The zero-order valence-electron chi connectivity index (χ0n) is 15.5. The second-order valence-corrected chi connectivity index (χ2v) is 21.2. The Kier molecular flexibility index (Phi) is 9.64. The van der Waals surface area contributed by atoms with Crippen LogP contribution in [0.25, 0.3) is 0 Å². The molecule has 128 valence electrons. The minimum absolute atomic E-state index is 0.959. The van der Waals surface area contributed by atoms with E-state index < -0.39 is 44.6 Å². The molecule has 0 N–H and O–H groups in total. The standard InChI is InChI=1S/C11H35NO4Si5/c1-11-12(2)20(9,10)16-21(13-17(3)4,14-18(5)6)15-19(7)8/h17-19H,11H2,1-10H3. The van der Waals surface area contributed by atoms with Crippen LogP contribution in [0.1, 0.15) is 6.92 Å². The third kappa shape index (κ3) is 8.34. The zero-order valence-corrected chi connectivity index (χ0v) is 21.0. The van der Waals surface area contributed by atoms with Gasteiger partial charge in [0.05, 0.1) is 0 Å². The molecule has 0 unspecified atom stereocenters. The summed E-state index contributed by atoms with van der Waals surface area (Å²) in [6.07, 6.45) is 0. The normalized spacial score (nSPS) is 14.0. The molecule has 0 radical (unpaired) electrons. The fraction of sp³-hybridized carbons (Fsp3) is 1.00. The van der Waals surface area contributed by atoms with E-state index in [0.717, 1.165) is 6.54 Å². The summed E-state index contributed by atoms with van der Waals surface area (Å²) in [5, 5.41) is 0. The summed E-state index contributed by atoms with van der Waals surface area (Å²) in [5.74, 6) is 0. The fourth-order valence-electron chi connectivity index (χ4n) is 1.79. The maximum Gasteiger partial charge on any atom is 0.637 e. The van der Waals surface area contributed by atoms with Crippen molar-refractivity contribution in [2.24, 2.45) is 0 Å². The van der Waals surface area contributed by atoms with Gasteiger partial charge >= 0.3 is 9.05 Å². The molecule has 0 fully saturated rings. The molecule has 0 rings (SSSR count). The second kappa shape index (κ2) is 9.25. The number of hydrogen-bond donors (Lipinski definition) is 0. The lowest BCUT2D eigenvalue weighted by molar-refractivity contribution is 0.149. The molecule has 0 aliphatic carbocycles. The quantitative estimate of drug-likeness (QED) is 0.539. The van der Waals surface area contributed by atoms with Crippen LogP contribution >= 0.6 is 0 Å². The van der Waals surface area contributed by atoms with E-state index in [2.05, 4.69) is 70.9 Å². The van der Waals surface area contributed by atoms with Gasteiger partial charge in [0.1, 0.15) is 0 Å². The average Bonchev–Trinajstić information content (AvgIpc) is 2.23. The van der Waals surface area contributed by atoms with E-state index >= 15 is 0 Å². The molecule has 0 amide bonds. The van der Waals surface area contributed by atoms with Crippen LogP contribution in [0.5, 0.6) is 0 Å². The highest BCUT2D eigenvalue weighted by Gasteiger charge is 2.52. The minimum Gasteiger partial charge on any atom is -0.399 e. The van der Waals surface area contributed by atoms with Gasteiger partial charge in [-0.2, -0.15) is 0 Å². The van der Waals surface area contributed by atoms with Gasteiger partial charge in [0, 0.05) is 0 Å². The van der Waals surface area contributed by atoms with Crippen LogP contribution in [0, 0.1) is 0 Å². The van der Waals surface area contributed by atoms with E-state index in [0.29, 0.717) is 0 Å². The van der Waals surface area contributed by atoms with Gasteiger partial charge in [-0.25, -0.2) is 0 Å². The van der Waals surface area contributed by atoms with Crippen molar-refractivity contribution in [3.05, 3.63) is 0 Å². The van der Waals surface area contributed by atoms with Crippen LogP contribution in [-0.2, 0) is 16.5 Å². The summed E-state index contributed by atoms with van der Waals surface area (Å²) in [5.41, 5.74) is 0. The summed E-state index contributed by atoms with van der Waals surface area (Å²) < 4.78 is 27.7. The third-order valence-electron chi connectivity index (χ3n) is 2.91. The highest BCUT2D eigenvalue weighted by atomic mass is 28.5. The van der Waals surface area contributed by atoms with Gasteiger partial charge in [0.15, 0.2) is 27.1 Å². The van der Waals surface area contributed by atoms with E-state index in [-0.39, 0.29) is 0 Å². The lowest BCUT2D eigenvalue weighted by Gasteiger charge is -2.41. The van der Waals surface area contributed by atoms with Crippen molar-refractivity contribution in [3.63, 3.8) is 0 Å². The molecule has 0 aromatic heterocycles. The molecule has 0 bridgehead atoms. The van der Waals surface area contributed by atoms with Crippen LogP contribution in [0.2, 0.25) is 52.4 Å². The molecule has 0 spiro atoms. The topological polar surface area (TPSA) is 40.2 Å². The first-order valence-electron chi connectivity index (χ1n) is 7.89. The van der Waals surface area contributed by atoms with E-state index in [9.17, 15) is 0 Å². The van der Waals surface area contributed by atoms with Crippen LogP contribution < -0.4 is 0 Å². The third-order valence-corrected chi connectivity index (χ3v) is 17.2. The Labute approximate surface area is 138 Å². The van der Waals surface area contributed by atoms with Gasteiger partial charge in [-0.1, -0.05) is 6.92 Å². The van der Waals surface area contributed by atoms with Crippen molar-refractivity contribution in [2.45, 2.75) is 59.3 Å². The Morgan fingerprint density at radius 2 is 1.14 bits per heavy atom. The summed E-state index contributed by atoms with van der Waals surface area (Å²) >= 11 is 0. The Hall–Kier alpha value is 0.884. The van der Waals surface area contributed by atoms with E-state index in [1.165, 1.54) is 0 Å². The molecule has 21 heavy (non-hydrogen) atoms. The van der Waals surface area contributed by atoms with Crippen molar-refractivity contribution >= 4 is 44.6 Å². The molecule has 0 aromatic rings. The average molecular weight is 386 g/mol. The van der Waals surface area contributed by atoms with E-state index in [1.807, 2.05) is 0 Å². The SMILES string of the molecule is CCN(C)[Si](C)(C)O[Si](O[SiH](C)C)(O[SiH](C)C)O[SiH](C)C. The lowest BCUT2D eigenvalue weighted by atomic mass is 10.8. The van der Waals surface area contributed by atoms with E-state index in [4.69, 9.17) is 16.5 Å². The van der Waals surface area contributed by atoms with Gasteiger partial charge in [-0.15, -0.1) is 0 Å². The van der Waals surface area contributed by atoms with Crippen molar-refractivity contribution < 1.29 is 16.5 Å².